The van der Waals surface area contributed by atoms with Gasteiger partial charge in [0.05, 0.1) is 13.4 Å². The summed E-state index contributed by atoms with van der Waals surface area (Å²) in [6, 6.07) is 0. The van der Waals surface area contributed by atoms with Crippen LogP contribution in [0.5, 0.6) is 0 Å². The molecule has 0 unspecified atom stereocenters. The fraction of sp³-hybridized carbons (Fsp3) is 0.143. The van der Waals surface area contributed by atoms with Gasteiger partial charge in [0.1, 0.15) is 0 Å². The van der Waals surface area contributed by atoms with Gasteiger partial charge in [-0.15, -0.1) is 0 Å². The molecule has 2 N–H and O–H groups in total. The molecule has 0 bridgehead atoms. The van der Waals surface area contributed by atoms with Crippen molar-refractivity contribution < 1.29 is 58.4 Å². The van der Waals surface area contributed by atoms with Crippen LogP contribution in [0.15, 0.2) is 25.0 Å². The Balaban J connectivity index is -0.0000000202. The molecule has 0 fully saturated rings. The quantitative estimate of drug-likeness (QED) is 0.322. The average molecular weight is 240 g/mol. The molecule has 0 aromatic heterocycles. The van der Waals surface area contributed by atoms with Crippen molar-refractivity contribution in [1.82, 2.24) is 0 Å². The number of aliphatic carboxylic acids is 2. The molecule has 0 aliphatic carbocycles. The van der Waals surface area contributed by atoms with Gasteiger partial charge in [0.25, 0.3) is 0 Å². The van der Waals surface area contributed by atoms with Crippen LogP contribution in [0.3, 0.4) is 0 Å². The fourth-order valence-electron chi connectivity index (χ4n) is 0.143. The summed E-state index contributed by atoms with van der Waals surface area (Å²) < 4.78 is 4.31. The van der Waals surface area contributed by atoms with Gasteiger partial charge >= 0.3 is 79.2 Å². The van der Waals surface area contributed by atoms with Crippen molar-refractivity contribution in [3.05, 3.63) is 25.0 Å². The molecule has 0 spiro atoms. The summed E-state index contributed by atoms with van der Waals surface area (Å²) in [5.74, 6) is -2.51. The van der Waals surface area contributed by atoms with Crippen LogP contribution in [0, 0.1) is 0 Å². The first-order valence-corrected chi connectivity index (χ1v) is 2.82. The number of carboxylic acid groups (broad SMARTS) is 2. The monoisotopic (exact) mass is 240 g/mol. The van der Waals surface area contributed by atoms with E-state index >= 15 is 0 Å². The molecule has 74 valence electrons. The summed E-state index contributed by atoms with van der Waals surface area (Å²) in [6.07, 6.45) is 2.49. The Kier molecular flexibility index (Phi) is 32.7. The molecule has 14 heavy (non-hydrogen) atoms. The fourth-order valence-corrected chi connectivity index (χ4v) is 0.143. The molecule has 5 nitrogen and oxygen atoms in total. The van der Waals surface area contributed by atoms with Crippen LogP contribution in [0.1, 0.15) is 4.28 Å². The molecule has 0 rings (SSSR count). The zero-order valence-corrected chi connectivity index (χ0v) is 12.5. The number of hydrogen-bond acceptors (Lipinski definition) is 3. The number of methoxy groups -OCH3 is 1. The van der Waals surface area contributed by atoms with Gasteiger partial charge in [-0.25, -0.2) is 9.59 Å². The van der Waals surface area contributed by atoms with Gasteiger partial charge in [-0.1, -0.05) is 6.58 Å². The summed E-state index contributed by atoms with van der Waals surface area (Å²) in [5, 5.41) is 15.6. The zero-order chi connectivity index (χ0) is 9.98. The van der Waals surface area contributed by atoms with Crippen LogP contribution in [-0.4, -0.2) is 67.0 Å². The van der Waals surface area contributed by atoms with Crippen molar-refractivity contribution in [2.75, 3.05) is 7.11 Å². The van der Waals surface area contributed by atoms with Crippen molar-refractivity contribution in [2.45, 2.75) is 0 Å². The molecule has 0 radical (unpaired) electrons. The average Bonchev–Trinajstić information content (AvgIpc) is 2.01. The van der Waals surface area contributed by atoms with Gasteiger partial charge in [0, 0.05) is 12.2 Å². The molecule has 0 aliphatic rings. The molecule has 7 heteroatoms. The predicted octanol–water partition coefficient (Wildman–Crippen LogP) is -2.55. The number of rotatable bonds is 3. The van der Waals surface area contributed by atoms with E-state index in [1.165, 1.54) is 6.26 Å². The second-order valence-electron chi connectivity index (χ2n) is 1.41. The summed E-state index contributed by atoms with van der Waals surface area (Å²) in [4.78, 5) is 19.1. The van der Waals surface area contributed by atoms with Crippen LogP contribution >= 0.6 is 0 Å². The topological polar surface area (TPSA) is 83.8 Å². The second-order valence-corrected chi connectivity index (χ2v) is 1.41. The van der Waals surface area contributed by atoms with Crippen LogP contribution in [-0.2, 0) is 14.3 Å². The number of carboxylic acids is 2. The normalized spacial score (nSPS) is 6.93. The number of carbonyl (C=O) groups is 2. The van der Waals surface area contributed by atoms with E-state index in [1.54, 1.807) is 7.11 Å². The molecule has 0 atom stereocenters. The molecule has 0 amide bonds. The maximum Gasteiger partial charge on any atom is 2.00 e. The van der Waals surface area contributed by atoms with Crippen molar-refractivity contribution in [2.24, 2.45) is 0 Å². The third kappa shape index (κ3) is 39.2. The summed E-state index contributed by atoms with van der Waals surface area (Å²) in [5.41, 5.74) is 0. The van der Waals surface area contributed by atoms with Gasteiger partial charge in [0.15, 0.2) is 0 Å². The molecular weight excluding hydrogens is 227 g/mol. The molecule has 0 heterocycles. The first-order valence-electron chi connectivity index (χ1n) is 2.82. The Morgan fingerprint density at radius 3 is 1.57 bits per heavy atom. The van der Waals surface area contributed by atoms with Crippen LogP contribution in [0.2, 0.25) is 0 Å². The van der Waals surface area contributed by atoms with Crippen molar-refractivity contribution >= 4 is 49.7 Å². The minimum Gasteiger partial charge on any atom is -1.00 e. The van der Waals surface area contributed by atoms with Gasteiger partial charge < -0.3 is 19.2 Å². The van der Waals surface area contributed by atoms with Gasteiger partial charge in [-0.2, -0.15) is 0 Å². The first kappa shape index (κ1) is 24.0. The minimum absolute atomic E-state index is 0. The molecule has 0 saturated carbocycles. The van der Waals surface area contributed by atoms with E-state index in [9.17, 15) is 9.59 Å². The predicted molar refractivity (Wildman–Crippen MR) is 50.7 cm³/mol. The molecule has 0 aromatic carbocycles. The third-order valence-corrected chi connectivity index (χ3v) is 0.535. The largest absolute Gasteiger partial charge is 2.00 e. The Morgan fingerprint density at radius 2 is 1.50 bits per heavy atom. The van der Waals surface area contributed by atoms with E-state index in [0.717, 1.165) is 0 Å². The van der Waals surface area contributed by atoms with E-state index in [4.69, 9.17) is 10.2 Å². The Labute approximate surface area is 139 Å². The minimum atomic E-state index is -1.26. The van der Waals surface area contributed by atoms with Gasteiger partial charge in [-0.05, 0) is 0 Å². The SMILES string of the molecule is C=COC.O=C(O)C=CC(=O)O.[Ca+2].[H-].[H-].[H-].[Na+]. The van der Waals surface area contributed by atoms with E-state index in [-0.39, 0.29) is 71.6 Å². The van der Waals surface area contributed by atoms with E-state index in [2.05, 4.69) is 11.3 Å². The standard InChI is InChI=1S/C4H4O4.C3H6O.Ca.Na.3H/c5-3(6)1-2-4(7)8;1-3-4-2;;;;;/h1-2H,(H,5,6)(H,7,8);3H,1H2,2H3;;;;;/q;;+2;+1;3*-1. The second kappa shape index (κ2) is 19.1. The summed E-state index contributed by atoms with van der Waals surface area (Å²) in [6.45, 7) is 3.26. The number of hydrogen-bond donors (Lipinski definition) is 2. The maximum absolute atomic E-state index is 9.55. The number of ether oxygens (including phenoxy) is 1. The smallest absolute Gasteiger partial charge is 1.00 e. The Bertz CT molecular complexity index is 188. The van der Waals surface area contributed by atoms with Crippen LogP contribution < -0.4 is 29.6 Å². The summed E-state index contributed by atoms with van der Waals surface area (Å²) >= 11 is 0. The van der Waals surface area contributed by atoms with Crippen molar-refractivity contribution in [3.8, 4) is 0 Å². The Hall–Kier alpha value is 0.480. The third-order valence-electron chi connectivity index (χ3n) is 0.535. The first-order chi connectivity index (χ1) is 5.54. The van der Waals surface area contributed by atoms with Crippen LogP contribution in [0.4, 0.5) is 0 Å². The van der Waals surface area contributed by atoms with E-state index < -0.39 is 11.9 Å². The molecule has 0 aliphatic heterocycles. The molecule has 0 aromatic rings. The van der Waals surface area contributed by atoms with Crippen molar-refractivity contribution in [1.29, 1.82) is 0 Å². The van der Waals surface area contributed by atoms with Gasteiger partial charge in [-0.3, -0.25) is 0 Å². The zero-order valence-electron chi connectivity index (χ0n) is 11.3. The van der Waals surface area contributed by atoms with E-state index in [1.807, 2.05) is 0 Å². The van der Waals surface area contributed by atoms with Crippen LogP contribution in [0.25, 0.3) is 0 Å². The van der Waals surface area contributed by atoms with Gasteiger partial charge in [0.2, 0.25) is 0 Å². The van der Waals surface area contributed by atoms with E-state index in [0.29, 0.717) is 12.2 Å². The molecular formula is C7H13CaNaO5. The molecule has 0 saturated heterocycles. The Morgan fingerprint density at radius 1 is 1.29 bits per heavy atom. The van der Waals surface area contributed by atoms with Crippen molar-refractivity contribution in [3.63, 3.8) is 0 Å². The maximum atomic E-state index is 9.55. The summed E-state index contributed by atoms with van der Waals surface area (Å²) in [7, 11) is 1.56.